The Bertz CT molecular complexity index is 1450. The zero-order valence-corrected chi connectivity index (χ0v) is 21.1. The van der Waals surface area contributed by atoms with E-state index < -0.39 is 34.9 Å². The van der Waals surface area contributed by atoms with Crippen molar-refractivity contribution in [3.8, 4) is 5.75 Å². The van der Waals surface area contributed by atoms with Crippen LogP contribution in [0.5, 0.6) is 5.75 Å². The van der Waals surface area contributed by atoms with Gasteiger partial charge in [0.25, 0.3) is 5.56 Å². The molecule has 0 saturated carbocycles. The fraction of sp³-hybridized carbons (Fsp3) is 0.208. The molecule has 3 aromatic rings. The molecule has 0 aliphatic carbocycles. The molecule has 0 aliphatic rings. The van der Waals surface area contributed by atoms with Gasteiger partial charge in [-0.2, -0.15) is 13.2 Å². The molecular formula is C24H22F4N4O6S. The number of alkyl halides is 3. The van der Waals surface area contributed by atoms with Crippen LogP contribution < -0.4 is 21.3 Å². The summed E-state index contributed by atoms with van der Waals surface area (Å²) in [5, 5.41) is 17.1. The third kappa shape index (κ3) is 8.77. The van der Waals surface area contributed by atoms with Crippen LogP contribution in [0.1, 0.15) is 34.0 Å². The molecule has 2 aromatic heterocycles. The number of ether oxygens (including phenoxy) is 1. The highest BCUT2D eigenvalue weighted by Crippen LogP contribution is 2.29. The summed E-state index contributed by atoms with van der Waals surface area (Å²) in [5.74, 6) is -5.23. The van der Waals surface area contributed by atoms with Crippen LogP contribution in [0.4, 0.5) is 23.2 Å². The molecule has 0 fully saturated rings. The van der Waals surface area contributed by atoms with Gasteiger partial charge >= 0.3 is 18.1 Å². The first-order valence-electron chi connectivity index (χ1n) is 10.8. The fourth-order valence-corrected chi connectivity index (χ4v) is 3.92. The Labute approximate surface area is 221 Å². The number of carboxylic acid groups (broad SMARTS) is 1. The molecule has 0 atom stereocenters. The van der Waals surface area contributed by atoms with Gasteiger partial charge in [-0.25, -0.2) is 14.0 Å². The highest BCUT2D eigenvalue weighted by molar-refractivity contribution is 7.14. The number of aromatic amines is 1. The van der Waals surface area contributed by atoms with Crippen LogP contribution in [0.2, 0.25) is 0 Å². The molecule has 1 amide bonds. The molecule has 10 nitrogen and oxygen atoms in total. The predicted molar refractivity (Wildman–Crippen MR) is 134 cm³/mol. The van der Waals surface area contributed by atoms with E-state index in [1.807, 2.05) is 0 Å². The molecule has 6 N–H and O–H groups in total. The lowest BCUT2D eigenvalue weighted by atomic mass is 9.87. The zero-order valence-electron chi connectivity index (χ0n) is 20.3. The average molecular weight is 571 g/mol. The molecule has 0 unspecified atom stereocenters. The number of aromatic nitrogens is 1. The molecule has 3 rings (SSSR count). The molecule has 15 heteroatoms. The number of carbonyl (C=O) groups excluding carboxylic acids is 2. The van der Waals surface area contributed by atoms with Gasteiger partial charge in [0.2, 0.25) is 5.91 Å². The number of thiophene rings is 1. The maximum absolute atomic E-state index is 14.1. The van der Waals surface area contributed by atoms with Gasteiger partial charge < -0.3 is 25.9 Å². The van der Waals surface area contributed by atoms with E-state index in [-0.39, 0.29) is 33.6 Å². The first-order valence-corrected chi connectivity index (χ1v) is 11.6. The van der Waals surface area contributed by atoms with Crippen molar-refractivity contribution in [2.75, 3.05) is 5.32 Å². The third-order valence-corrected chi connectivity index (χ3v) is 5.91. The Kier molecular flexibility index (Phi) is 9.71. The normalized spacial score (nSPS) is 11.1. The summed E-state index contributed by atoms with van der Waals surface area (Å²) >= 11 is 1.13. The van der Waals surface area contributed by atoms with Crippen LogP contribution >= 0.6 is 11.3 Å². The Morgan fingerprint density at radius 3 is 2.33 bits per heavy atom. The predicted octanol–water partition coefficient (Wildman–Crippen LogP) is 3.92. The first kappa shape index (κ1) is 30.7. The summed E-state index contributed by atoms with van der Waals surface area (Å²) < 4.78 is 51.0. The van der Waals surface area contributed by atoms with Crippen molar-refractivity contribution in [1.82, 2.24) is 4.98 Å². The summed E-state index contributed by atoms with van der Waals surface area (Å²) in [7, 11) is 0. The van der Waals surface area contributed by atoms with Crippen LogP contribution in [0.15, 0.2) is 53.5 Å². The van der Waals surface area contributed by atoms with Crippen molar-refractivity contribution in [3.05, 3.63) is 80.2 Å². The van der Waals surface area contributed by atoms with E-state index in [2.05, 4.69) is 10.3 Å². The molecule has 1 aromatic carbocycles. The lowest BCUT2D eigenvalue weighted by molar-refractivity contribution is -0.192. The number of hydrogen-bond donors (Lipinski definition) is 5. The molecule has 0 saturated heterocycles. The molecule has 2 heterocycles. The number of rotatable bonds is 7. The van der Waals surface area contributed by atoms with Gasteiger partial charge in [0.1, 0.15) is 16.4 Å². The van der Waals surface area contributed by atoms with Crippen LogP contribution in [-0.2, 0) is 16.0 Å². The number of nitrogens with one attached hydrogen (secondary N) is 3. The summed E-state index contributed by atoms with van der Waals surface area (Å²) in [6.45, 7) is 3.45. The minimum atomic E-state index is -5.08. The number of anilines is 1. The van der Waals surface area contributed by atoms with Crippen molar-refractivity contribution in [2.45, 2.75) is 26.4 Å². The number of aliphatic carboxylic acids is 1. The topological polar surface area (TPSA) is 175 Å². The van der Waals surface area contributed by atoms with E-state index in [9.17, 15) is 31.9 Å². The maximum atomic E-state index is 14.1. The quantitative estimate of drug-likeness (QED) is 0.0940. The molecule has 0 radical (unpaired) electrons. The molecule has 0 bridgehead atoms. The number of pyridine rings is 1. The number of esters is 1. The summed E-state index contributed by atoms with van der Waals surface area (Å²) in [6.07, 6.45) is -3.30. The van der Waals surface area contributed by atoms with Gasteiger partial charge in [-0.05, 0) is 48.9 Å². The zero-order chi connectivity index (χ0) is 29.5. The average Bonchev–Trinajstić information content (AvgIpc) is 3.29. The molecular weight excluding hydrogens is 548 g/mol. The highest BCUT2D eigenvalue weighted by atomic mass is 32.1. The van der Waals surface area contributed by atoms with Crippen molar-refractivity contribution in [1.29, 1.82) is 5.41 Å². The summed E-state index contributed by atoms with van der Waals surface area (Å²) in [6, 6.07) is 9.99. The Hall–Kier alpha value is -4.53. The number of hydrogen-bond acceptors (Lipinski definition) is 7. The van der Waals surface area contributed by atoms with Crippen molar-refractivity contribution in [3.63, 3.8) is 0 Å². The van der Waals surface area contributed by atoms with E-state index in [1.54, 1.807) is 32.0 Å². The number of carboxylic acids is 1. The maximum Gasteiger partial charge on any atom is 0.490 e. The number of H-pyrrole nitrogens is 1. The van der Waals surface area contributed by atoms with E-state index >= 15 is 0 Å². The monoisotopic (exact) mass is 570 g/mol. The molecule has 0 aliphatic heterocycles. The lowest BCUT2D eigenvalue weighted by Crippen LogP contribution is -2.34. The van der Waals surface area contributed by atoms with Gasteiger partial charge in [-0.1, -0.05) is 13.8 Å². The minimum Gasteiger partial charge on any atom is -0.475 e. The SMILES string of the molecule is CC(C)(Cc1ccc(C(=O)Oc2ccc(C(=N)N)cc2F)s1)C(=O)Nc1ccc[nH]c1=O.O=C(O)C(F)(F)F. The second kappa shape index (κ2) is 12.3. The number of amides is 1. The van der Waals surface area contributed by atoms with E-state index in [1.165, 1.54) is 24.4 Å². The van der Waals surface area contributed by atoms with E-state index in [4.69, 9.17) is 25.8 Å². The van der Waals surface area contributed by atoms with E-state index in [0.717, 1.165) is 22.3 Å². The van der Waals surface area contributed by atoms with Crippen molar-refractivity contribution >= 4 is 40.7 Å². The fourth-order valence-electron chi connectivity index (χ4n) is 2.81. The molecule has 39 heavy (non-hydrogen) atoms. The van der Waals surface area contributed by atoms with E-state index in [0.29, 0.717) is 6.42 Å². The number of carbonyl (C=O) groups is 3. The molecule has 208 valence electrons. The van der Waals surface area contributed by atoms with Gasteiger partial charge in [0.15, 0.2) is 11.6 Å². The number of benzene rings is 1. The molecule has 0 spiro atoms. The number of nitrogens with two attached hydrogens (primary N) is 1. The smallest absolute Gasteiger partial charge is 0.475 e. The van der Waals surface area contributed by atoms with Crippen molar-refractivity contribution in [2.24, 2.45) is 11.1 Å². The lowest BCUT2D eigenvalue weighted by Gasteiger charge is -2.22. The number of halogens is 4. The second-order valence-electron chi connectivity index (χ2n) is 8.44. The number of nitrogen functional groups attached to an aromatic ring is 1. The van der Waals surface area contributed by atoms with Crippen molar-refractivity contribution < 1.29 is 41.8 Å². The summed E-state index contributed by atoms with van der Waals surface area (Å²) in [5.41, 5.74) is 4.37. The highest BCUT2D eigenvalue weighted by Gasteiger charge is 2.38. The van der Waals surface area contributed by atoms with Crippen LogP contribution in [0.25, 0.3) is 0 Å². The van der Waals surface area contributed by atoms with Crippen LogP contribution in [-0.4, -0.2) is 39.9 Å². The Morgan fingerprint density at radius 2 is 1.79 bits per heavy atom. The standard InChI is InChI=1S/C22H21FN4O4S.C2HF3O2/c1-22(2,21(30)27-15-4-3-9-26-19(15)28)11-13-6-8-17(32-13)20(29)31-16-7-5-12(18(24)25)10-14(16)23;3-2(4,5)1(6)7/h3-10H,11H2,1-2H3,(H3,24,25)(H,26,28)(H,27,30);(H,6,7). The van der Waals surface area contributed by atoms with Crippen LogP contribution in [0.3, 0.4) is 0 Å². The number of amidine groups is 1. The summed E-state index contributed by atoms with van der Waals surface area (Å²) in [4.78, 5) is 49.2. The third-order valence-electron chi connectivity index (χ3n) is 4.85. The van der Waals surface area contributed by atoms with Gasteiger partial charge in [-0.3, -0.25) is 15.0 Å². The van der Waals surface area contributed by atoms with Gasteiger partial charge in [-0.15, -0.1) is 11.3 Å². The Morgan fingerprint density at radius 1 is 1.15 bits per heavy atom. The second-order valence-corrected chi connectivity index (χ2v) is 9.61. The Balaban J connectivity index is 0.000000673. The first-order chi connectivity index (χ1) is 18.0. The van der Waals surface area contributed by atoms with Gasteiger partial charge in [0.05, 0.1) is 0 Å². The largest absolute Gasteiger partial charge is 0.490 e. The van der Waals surface area contributed by atoms with Crippen LogP contribution in [0, 0.1) is 16.6 Å². The van der Waals surface area contributed by atoms with Gasteiger partial charge in [0, 0.05) is 22.1 Å². The minimum absolute atomic E-state index is 0.152.